The van der Waals surface area contributed by atoms with Gasteiger partial charge in [0.25, 0.3) is 11.8 Å². The molecule has 1 aliphatic heterocycles. The zero-order valence-corrected chi connectivity index (χ0v) is 10.6. The van der Waals surface area contributed by atoms with Crippen molar-refractivity contribution in [2.75, 3.05) is 17.7 Å². The van der Waals surface area contributed by atoms with E-state index in [1.54, 1.807) is 30.0 Å². The Labute approximate surface area is 104 Å². The molecule has 2 rings (SSSR count). The van der Waals surface area contributed by atoms with Gasteiger partial charge in [-0.1, -0.05) is 0 Å². The third kappa shape index (κ3) is 1.91. The predicted octanol–water partition coefficient (Wildman–Crippen LogP) is 1.62. The number of nitrogen functional groups attached to an aromatic ring is 1. The number of benzene rings is 1. The molecule has 17 heavy (non-hydrogen) atoms. The monoisotopic (exact) mass is 250 g/mol. The van der Waals surface area contributed by atoms with Crippen LogP contribution in [-0.4, -0.2) is 34.8 Å². The quantitative estimate of drug-likeness (QED) is 0.654. The van der Waals surface area contributed by atoms with E-state index in [4.69, 9.17) is 5.73 Å². The molecule has 0 aliphatic carbocycles. The summed E-state index contributed by atoms with van der Waals surface area (Å²) in [5.41, 5.74) is 7.01. The Morgan fingerprint density at radius 1 is 1.29 bits per heavy atom. The van der Waals surface area contributed by atoms with Gasteiger partial charge in [0.15, 0.2) is 0 Å². The molecule has 1 aromatic rings. The van der Waals surface area contributed by atoms with Crippen LogP contribution in [0, 0.1) is 0 Å². The van der Waals surface area contributed by atoms with Gasteiger partial charge in [0, 0.05) is 17.5 Å². The highest BCUT2D eigenvalue weighted by Crippen LogP contribution is 2.27. The highest BCUT2D eigenvalue weighted by molar-refractivity contribution is 7.98. The molecule has 90 valence electrons. The van der Waals surface area contributed by atoms with E-state index in [9.17, 15) is 9.59 Å². The summed E-state index contributed by atoms with van der Waals surface area (Å²) in [7, 11) is 0. The molecule has 1 aliphatic rings. The summed E-state index contributed by atoms with van der Waals surface area (Å²) in [5, 5.41) is 0. The van der Waals surface area contributed by atoms with E-state index in [-0.39, 0.29) is 17.9 Å². The molecule has 0 bridgehead atoms. The average Bonchev–Trinajstić information content (AvgIpc) is 2.52. The number of rotatable bonds is 3. The number of thioether (sulfide) groups is 1. The first-order valence-corrected chi connectivity index (χ1v) is 6.72. The van der Waals surface area contributed by atoms with Crippen molar-refractivity contribution in [3.63, 3.8) is 0 Å². The van der Waals surface area contributed by atoms with Gasteiger partial charge in [-0.15, -0.1) is 0 Å². The molecule has 0 aromatic heterocycles. The Kier molecular flexibility index (Phi) is 3.11. The van der Waals surface area contributed by atoms with Gasteiger partial charge >= 0.3 is 0 Å². The lowest BCUT2D eigenvalue weighted by Gasteiger charge is -2.21. The highest BCUT2D eigenvalue weighted by atomic mass is 32.2. The van der Waals surface area contributed by atoms with Crippen molar-refractivity contribution in [1.82, 2.24) is 4.90 Å². The minimum atomic E-state index is -0.237. The van der Waals surface area contributed by atoms with Crippen LogP contribution in [0.5, 0.6) is 0 Å². The van der Waals surface area contributed by atoms with E-state index >= 15 is 0 Å². The van der Waals surface area contributed by atoms with Crippen LogP contribution in [0.3, 0.4) is 0 Å². The van der Waals surface area contributed by atoms with Crippen LogP contribution >= 0.6 is 11.8 Å². The normalized spacial score (nSPS) is 16.2. The number of amides is 2. The molecule has 0 saturated heterocycles. The fourth-order valence-electron chi connectivity index (χ4n) is 1.99. The van der Waals surface area contributed by atoms with Gasteiger partial charge in [0.1, 0.15) is 0 Å². The molecule has 0 radical (unpaired) electrons. The molecule has 0 spiro atoms. The topological polar surface area (TPSA) is 63.4 Å². The van der Waals surface area contributed by atoms with E-state index in [2.05, 4.69) is 0 Å². The lowest BCUT2D eigenvalue weighted by Crippen LogP contribution is -2.39. The number of anilines is 1. The van der Waals surface area contributed by atoms with Crippen LogP contribution in [0.4, 0.5) is 5.69 Å². The Bertz CT molecular complexity index is 487. The number of imide groups is 1. The van der Waals surface area contributed by atoms with Crippen LogP contribution in [0.2, 0.25) is 0 Å². The standard InChI is InChI=1S/C12H14N2O2S/c1-7(6-17-2)14-11(15)9-4-3-8(13)5-10(9)12(14)16/h3-5,7H,6,13H2,1-2H3. The fourth-order valence-corrected chi connectivity index (χ4v) is 2.62. The minimum absolute atomic E-state index is 0.0985. The van der Waals surface area contributed by atoms with Gasteiger partial charge < -0.3 is 5.73 Å². The van der Waals surface area contributed by atoms with Crippen molar-refractivity contribution in [2.45, 2.75) is 13.0 Å². The summed E-state index contributed by atoms with van der Waals surface area (Å²) in [6.07, 6.45) is 1.95. The smallest absolute Gasteiger partial charge is 0.261 e. The number of carbonyl (C=O) groups excluding carboxylic acids is 2. The lowest BCUT2D eigenvalue weighted by atomic mass is 10.1. The summed E-state index contributed by atoms with van der Waals surface area (Å²) in [6.45, 7) is 1.88. The molecule has 4 nitrogen and oxygen atoms in total. The van der Waals surface area contributed by atoms with Crippen LogP contribution in [0.25, 0.3) is 0 Å². The molecule has 1 aromatic carbocycles. The Morgan fingerprint density at radius 2 is 1.94 bits per heavy atom. The molecule has 2 amide bonds. The molecule has 0 saturated carbocycles. The van der Waals surface area contributed by atoms with Gasteiger partial charge in [0.05, 0.1) is 11.1 Å². The first-order valence-electron chi connectivity index (χ1n) is 5.32. The van der Waals surface area contributed by atoms with E-state index in [1.807, 2.05) is 13.2 Å². The second-order valence-electron chi connectivity index (χ2n) is 4.09. The number of hydrogen-bond acceptors (Lipinski definition) is 4. The number of nitrogens with zero attached hydrogens (tertiary/aromatic N) is 1. The fraction of sp³-hybridized carbons (Fsp3) is 0.333. The number of carbonyl (C=O) groups is 2. The molecule has 0 fully saturated rings. The summed E-state index contributed by atoms with van der Waals surface area (Å²) >= 11 is 1.61. The van der Waals surface area contributed by atoms with Crippen molar-refractivity contribution < 1.29 is 9.59 Å². The molecule has 2 N–H and O–H groups in total. The van der Waals surface area contributed by atoms with E-state index in [0.717, 1.165) is 5.75 Å². The van der Waals surface area contributed by atoms with Gasteiger partial charge in [-0.3, -0.25) is 14.5 Å². The van der Waals surface area contributed by atoms with E-state index in [1.165, 1.54) is 4.90 Å². The highest BCUT2D eigenvalue weighted by Gasteiger charge is 2.38. The Balaban J connectivity index is 2.38. The summed E-state index contributed by atoms with van der Waals surface area (Å²) in [5.74, 6) is 0.284. The number of hydrogen-bond donors (Lipinski definition) is 1. The number of fused-ring (bicyclic) bond motifs is 1. The SMILES string of the molecule is CSCC(C)N1C(=O)c2ccc(N)cc2C1=O. The Morgan fingerprint density at radius 3 is 2.59 bits per heavy atom. The summed E-state index contributed by atoms with van der Waals surface area (Å²) < 4.78 is 0. The van der Waals surface area contributed by atoms with Crippen molar-refractivity contribution >= 4 is 29.3 Å². The number of nitrogens with two attached hydrogens (primary N) is 1. The maximum Gasteiger partial charge on any atom is 0.261 e. The van der Waals surface area contributed by atoms with Crippen LogP contribution in [0.1, 0.15) is 27.6 Å². The molecule has 1 heterocycles. The van der Waals surface area contributed by atoms with Gasteiger partial charge in [0.2, 0.25) is 0 Å². The zero-order chi connectivity index (χ0) is 12.6. The van der Waals surface area contributed by atoms with Gasteiger partial charge in [-0.05, 0) is 31.4 Å². The van der Waals surface area contributed by atoms with Crippen molar-refractivity contribution in [1.29, 1.82) is 0 Å². The van der Waals surface area contributed by atoms with Gasteiger partial charge in [-0.2, -0.15) is 11.8 Å². The zero-order valence-electron chi connectivity index (χ0n) is 9.77. The van der Waals surface area contributed by atoms with Crippen molar-refractivity contribution in [3.05, 3.63) is 29.3 Å². The lowest BCUT2D eigenvalue weighted by molar-refractivity contribution is 0.0612. The van der Waals surface area contributed by atoms with E-state index in [0.29, 0.717) is 16.8 Å². The molecular formula is C12H14N2O2S. The van der Waals surface area contributed by atoms with Gasteiger partial charge in [-0.25, -0.2) is 0 Å². The summed E-state index contributed by atoms with van der Waals surface area (Å²) in [4.78, 5) is 25.5. The predicted molar refractivity (Wildman–Crippen MR) is 69.2 cm³/mol. The molecule has 1 unspecified atom stereocenters. The average molecular weight is 250 g/mol. The molecule has 5 heteroatoms. The minimum Gasteiger partial charge on any atom is -0.399 e. The first-order chi connectivity index (χ1) is 8.06. The van der Waals surface area contributed by atoms with E-state index < -0.39 is 0 Å². The van der Waals surface area contributed by atoms with Crippen LogP contribution < -0.4 is 5.73 Å². The van der Waals surface area contributed by atoms with Crippen LogP contribution in [-0.2, 0) is 0 Å². The third-order valence-electron chi connectivity index (χ3n) is 2.79. The first kappa shape index (κ1) is 12.0. The second-order valence-corrected chi connectivity index (χ2v) is 5.00. The third-order valence-corrected chi connectivity index (χ3v) is 3.61. The largest absolute Gasteiger partial charge is 0.399 e. The maximum atomic E-state index is 12.1. The maximum absolute atomic E-state index is 12.1. The molecular weight excluding hydrogens is 236 g/mol. The molecule has 1 atom stereocenters. The Hall–Kier alpha value is -1.49. The summed E-state index contributed by atoms with van der Waals surface area (Å²) in [6, 6.07) is 4.74. The van der Waals surface area contributed by atoms with Crippen molar-refractivity contribution in [3.8, 4) is 0 Å². The van der Waals surface area contributed by atoms with Crippen LogP contribution in [0.15, 0.2) is 18.2 Å². The van der Waals surface area contributed by atoms with Crippen molar-refractivity contribution in [2.24, 2.45) is 0 Å². The second kappa shape index (κ2) is 4.41.